The van der Waals surface area contributed by atoms with Gasteiger partial charge in [0.2, 0.25) is 16.7 Å². The molecule has 36 heteroatoms. The van der Waals surface area contributed by atoms with Crippen molar-refractivity contribution in [3.05, 3.63) is 83.9 Å². The minimum atomic E-state index is -5.50. The van der Waals surface area contributed by atoms with Gasteiger partial charge >= 0.3 is 0 Å². The first kappa shape index (κ1) is 56.9. The number of thiazole rings is 1. The third-order valence-electron chi connectivity index (χ3n) is 9.51. The third kappa shape index (κ3) is 14.5. The fourth-order valence-electron chi connectivity index (χ4n) is 6.35. The van der Waals surface area contributed by atoms with Crippen LogP contribution in [-0.4, -0.2) is 120 Å². The number of aliphatic hydroxyl groups is 1. The van der Waals surface area contributed by atoms with Crippen LogP contribution in [0.5, 0.6) is 23.3 Å². The number of phenolic OH excluding ortho intramolecular Hbond substituents is 1. The second kappa shape index (κ2) is 22.2. The van der Waals surface area contributed by atoms with E-state index < -0.39 is 116 Å². The number of nitrogens with zero attached hydrogens (tertiary/aromatic N) is 9. The molecule has 2 heterocycles. The summed E-state index contributed by atoms with van der Waals surface area (Å²) in [6.45, 7) is 0.889. The second-order valence-corrected chi connectivity index (χ2v) is 23.2. The van der Waals surface area contributed by atoms with E-state index in [9.17, 15) is 80.4 Å². The number of ether oxygens (including phenoxy) is 2. The van der Waals surface area contributed by atoms with Crippen LogP contribution in [0.4, 0.5) is 33.6 Å². The fourth-order valence-corrected chi connectivity index (χ4v) is 9.63. The van der Waals surface area contributed by atoms with Crippen LogP contribution in [-0.2, 0) is 62.0 Å². The molecular formula is C39H35N9O21S6. The molecule has 0 atom stereocenters. The number of hydrogen-bond acceptors (Lipinski definition) is 25. The molecule has 7 rings (SSSR count). The number of carbonyl (C=O) groups is 1. The van der Waals surface area contributed by atoms with Gasteiger partial charge in [-0.1, -0.05) is 17.4 Å². The highest BCUT2D eigenvalue weighted by Crippen LogP contribution is 2.47. The number of hydrogen-bond donors (Lipinski definition) is 8. The maximum absolute atomic E-state index is 13.0. The van der Waals surface area contributed by atoms with Gasteiger partial charge in [-0.3, -0.25) is 27.6 Å². The Bertz CT molecular complexity index is 4060. The Morgan fingerprint density at radius 1 is 0.707 bits per heavy atom. The molecule has 30 nitrogen and oxygen atoms in total. The van der Waals surface area contributed by atoms with E-state index in [1.54, 1.807) is 25.1 Å². The third-order valence-corrected chi connectivity index (χ3v) is 13.9. The van der Waals surface area contributed by atoms with Gasteiger partial charge in [-0.15, -0.1) is 35.8 Å². The molecule has 0 amide bonds. The summed E-state index contributed by atoms with van der Waals surface area (Å²) in [6, 6.07) is 14.1. The summed E-state index contributed by atoms with van der Waals surface area (Å²) >= 11 is 1.17. The molecule has 0 saturated carbocycles. The number of rotatable bonds is 18. The molecule has 75 heavy (non-hydrogen) atoms. The highest BCUT2D eigenvalue weighted by molar-refractivity contribution is 7.87. The molecule has 5 aromatic carbocycles. The van der Waals surface area contributed by atoms with Crippen LogP contribution in [0, 0.1) is 6.92 Å². The van der Waals surface area contributed by atoms with Crippen LogP contribution in [0.25, 0.3) is 26.7 Å². The van der Waals surface area contributed by atoms with E-state index in [1.807, 2.05) is 0 Å². The van der Waals surface area contributed by atoms with Crippen LogP contribution < -0.4 is 9.47 Å². The number of benzene rings is 5. The van der Waals surface area contributed by atoms with Gasteiger partial charge in [0.05, 0.1) is 51.7 Å². The van der Waals surface area contributed by atoms with Gasteiger partial charge in [-0.05, 0) is 85.1 Å². The number of phenols is 1. The summed E-state index contributed by atoms with van der Waals surface area (Å²) in [7, 11) is -23.7. The zero-order valence-electron chi connectivity index (χ0n) is 37.7. The van der Waals surface area contributed by atoms with Gasteiger partial charge in [0.1, 0.15) is 32.6 Å². The number of aryl methyl sites for hydroxylation is 1. The Balaban J connectivity index is 0.00000174. The molecule has 0 unspecified atom stereocenters. The zero-order chi connectivity index (χ0) is 55.4. The topological polar surface area (TPSA) is 473 Å². The molecule has 0 aliphatic carbocycles. The molecule has 8 N–H and O–H groups in total. The number of aromatic hydroxyl groups is 2. The molecule has 7 aromatic rings. The van der Waals surface area contributed by atoms with Crippen molar-refractivity contribution in [1.82, 2.24) is 14.8 Å². The number of fused-ring (bicyclic) bond motifs is 2. The monoisotopic (exact) mass is 1160 g/mol. The number of carbonyl (C=O) groups excluding carboxylic acids is 1. The number of azo groups is 3. The summed E-state index contributed by atoms with van der Waals surface area (Å²) in [5, 5.41) is 58.4. The van der Waals surface area contributed by atoms with Gasteiger partial charge in [-0.2, -0.15) is 46.8 Å². The molecule has 0 fully saturated rings. The lowest BCUT2D eigenvalue weighted by atomic mass is 10.1. The van der Waals surface area contributed by atoms with Crippen molar-refractivity contribution in [1.29, 1.82) is 0 Å². The number of aromatic nitrogens is 3. The predicted molar refractivity (Wildman–Crippen MR) is 260 cm³/mol. The average molecular weight is 1160 g/mol. The van der Waals surface area contributed by atoms with Gasteiger partial charge in [-0.25, -0.2) is 4.98 Å². The summed E-state index contributed by atoms with van der Waals surface area (Å²) in [5.74, 6) is -3.66. The van der Waals surface area contributed by atoms with Crippen molar-refractivity contribution < 1.29 is 94.4 Å². The second-order valence-electron chi connectivity index (χ2n) is 15.0. The summed E-state index contributed by atoms with van der Waals surface area (Å²) < 4.78 is 174. The lowest BCUT2D eigenvalue weighted by molar-refractivity contribution is -0.120. The molecule has 2 aromatic heterocycles. The van der Waals surface area contributed by atoms with E-state index in [0.717, 1.165) is 36.4 Å². The van der Waals surface area contributed by atoms with Gasteiger partial charge in [0, 0.05) is 16.8 Å². The maximum Gasteiger partial charge on any atom is 0.299 e. The van der Waals surface area contributed by atoms with Gasteiger partial charge < -0.3 is 24.8 Å². The first-order valence-electron chi connectivity index (χ1n) is 20.0. The molecule has 0 radical (unpaired) electrons. The Labute approximate surface area is 426 Å². The summed E-state index contributed by atoms with van der Waals surface area (Å²) in [4.78, 5) is 12.7. The molecule has 0 bridgehead atoms. The predicted octanol–water partition coefficient (Wildman–Crippen LogP) is 6.53. The minimum Gasteiger partial charge on any atom is -0.505 e. The van der Waals surface area contributed by atoms with Crippen molar-refractivity contribution in [2.75, 3.05) is 18.6 Å². The lowest BCUT2D eigenvalue weighted by Crippen LogP contribution is -2.08. The van der Waals surface area contributed by atoms with E-state index in [1.165, 1.54) is 23.5 Å². The van der Waals surface area contributed by atoms with E-state index in [-0.39, 0.29) is 54.1 Å². The lowest BCUT2D eigenvalue weighted by Gasteiger charge is -2.13. The van der Waals surface area contributed by atoms with Crippen molar-refractivity contribution in [3.8, 4) is 28.9 Å². The van der Waals surface area contributed by atoms with E-state index >= 15 is 0 Å². The largest absolute Gasteiger partial charge is 0.505 e. The first-order chi connectivity index (χ1) is 34.9. The fraction of sp³-hybridized carbons (Fsp3) is 0.154. The molecular weight excluding hydrogens is 1120 g/mol. The van der Waals surface area contributed by atoms with E-state index in [4.69, 9.17) is 14.0 Å². The van der Waals surface area contributed by atoms with Crippen LogP contribution >= 0.6 is 11.3 Å². The van der Waals surface area contributed by atoms with E-state index in [0.29, 0.717) is 38.3 Å². The van der Waals surface area contributed by atoms with Crippen molar-refractivity contribution in [2.24, 2.45) is 30.7 Å². The molecule has 0 spiro atoms. The standard InChI is InChI=1S/C38H31N9O18S5.CH4O3S/c1-19-13-28(29(64-11-2-12-67(52,53)54)16-27(19)41-45-38-39-25-9-3-20(17-48)14-30(25)66-38)42-43-32-31(69(58,59)60)15-24-23(34(32)50)8-10-26(35(24)70(61,62)63)40-44-33-36(65-18-49)46-47(37(33)51)21-4-6-22(7-5-21)68(55,56)57;1-5(2,3)4/h3-10,13-16,18,48,50-51H,2,11-12,17H2,1H3,(H,52,53,54)(H,55,56,57)(H,58,59,60)(H,61,62,63);1H3,(H,2,3,4). The van der Waals surface area contributed by atoms with E-state index in [2.05, 4.69) is 40.8 Å². The zero-order valence-corrected chi connectivity index (χ0v) is 42.6. The number of aliphatic hydroxyl groups excluding tert-OH is 1. The Kier molecular flexibility index (Phi) is 16.9. The highest BCUT2D eigenvalue weighted by Gasteiger charge is 2.29. The summed E-state index contributed by atoms with van der Waals surface area (Å²) in [6.07, 6.45) is 0.486. The van der Waals surface area contributed by atoms with Crippen molar-refractivity contribution in [3.63, 3.8) is 0 Å². The van der Waals surface area contributed by atoms with Crippen molar-refractivity contribution >= 4 is 123 Å². The van der Waals surface area contributed by atoms with Crippen LogP contribution in [0.15, 0.2) is 118 Å². The Morgan fingerprint density at radius 3 is 1.95 bits per heavy atom. The first-order valence-corrected chi connectivity index (χ1v) is 28.6. The molecule has 0 aliphatic heterocycles. The van der Waals surface area contributed by atoms with Crippen LogP contribution in [0.2, 0.25) is 0 Å². The Hall–Kier alpha value is -7.36. The SMILES string of the molecule is CS(=O)(=O)O.Cc1cc(N=Nc2c(S(=O)(=O)O)cc3c(S(=O)(=O)O)c(N=Nc4c(OC=O)nn(-c5ccc(S(=O)(=O)O)cc5)c4O)ccc3c2O)c(OCCCS(=O)(=O)O)cc1N=Nc1nc2ccc(CO)cc2s1. The normalized spacial score (nSPS) is 12.7. The molecule has 0 aliphatic rings. The van der Waals surface area contributed by atoms with Crippen molar-refractivity contribution in [2.45, 2.75) is 34.6 Å². The Morgan fingerprint density at radius 2 is 1.35 bits per heavy atom. The molecule has 0 saturated heterocycles. The van der Waals surface area contributed by atoms with Crippen LogP contribution in [0.1, 0.15) is 17.5 Å². The maximum atomic E-state index is 13.0. The average Bonchev–Trinajstić information content (AvgIpc) is 3.86. The highest BCUT2D eigenvalue weighted by atomic mass is 32.2. The smallest absolute Gasteiger partial charge is 0.299 e. The van der Waals surface area contributed by atoms with Gasteiger partial charge in [0.25, 0.3) is 62.9 Å². The molecule has 398 valence electrons. The minimum absolute atomic E-state index is 0.0818. The summed E-state index contributed by atoms with van der Waals surface area (Å²) in [5.41, 5.74) is -1.04. The van der Waals surface area contributed by atoms with Gasteiger partial charge in [0.15, 0.2) is 5.75 Å². The van der Waals surface area contributed by atoms with Crippen LogP contribution in [0.3, 0.4) is 0 Å². The quantitative estimate of drug-likeness (QED) is 0.0196.